The van der Waals surface area contributed by atoms with E-state index in [9.17, 15) is 9.59 Å². The first-order valence-electron chi connectivity index (χ1n) is 10.3. The molecule has 0 unspecified atom stereocenters. The van der Waals surface area contributed by atoms with Crippen molar-refractivity contribution in [2.45, 2.75) is 19.9 Å². The number of halogens is 1. The number of hydrogen-bond acceptors (Lipinski definition) is 6. The van der Waals surface area contributed by atoms with Crippen LogP contribution < -0.4 is 15.2 Å². The van der Waals surface area contributed by atoms with Gasteiger partial charge in [-0.1, -0.05) is 17.7 Å². The minimum absolute atomic E-state index is 0.0966. The number of ether oxygens (including phenoxy) is 1. The first-order valence-corrected chi connectivity index (χ1v) is 11.5. The molecule has 1 aliphatic heterocycles. The first-order chi connectivity index (χ1) is 15.9. The molecule has 0 radical (unpaired) electrons. The largest absolute Gasteiger partial charge is 0.497 e. The van der Waals surface area contributed by atoms with Crippen LogP contribution in [0.5, 0.6) is 5.75 Å². The summed E-state index contributed by atoms with van der Waals surface area (Å²) >= 11 is 7.43. The van der Waals surface area contributed by atoms with Crippen molar-refractivity contribution in [3.05, 3.63) is 74.7 Å². The highest BCUT2D eigenvalue weighted by Gasteiger charge is 2.22. The number of carbonyl (C=O) groups excluding carboxylic acids is 1. The summed E-state index contributed by atoms with van der Waals surface area (Å²) in [7, 11) is 1.58. The molecule has 33 heavy (non-hydrogen) atoms. The van der Waals surface area contributed by atoms with E-state index in [1.807, 2.05) is 29.7 Å². The van der Waals surface area contributed by atoms with Crippen molar-refractivity contribution in [2.24, 2.45) is 0 Å². The van der Waals surface area contributed by atoms with Gasteiger partial charge in [0, 0.05) is 29.9 Å². The number of rotatable bonds is 4. The molecule has 3 heterocycles. The van der Waals surface area contributed by atoms with Gasteiger partial charge in [-0.05, 0) is 48.4 Å². The van der Waals surface area contributed by atoms with Gasteiger partial charge in [-0.15, -0.1) is 11.3 Å². The van der Waals surface area contributed by atoms with E-state index in [0.29, 0.717) is 57.0 Å². The third kappa shape index (κ3) is 3.92. The molecule has 7 nitrogen and oxygen atoms in total. The van der Waals surface area contributed by atoms with Crippen molar-refractivity contribution < 1.29 is 9.53 Å². The van der Waals surface area contributed by atoms with Gasteiger partial charge >= 0.3 is 0 Å². The lowest BCUT2D eigenvalue weighted by molar-refractivity contribution is -0.115. The lowest BCUT2D eigenvalue weighted by Gasteiger charge is -2.18. The van der Waals surface area contributed by atoms with Crippen LogP contribution >= 0.6 is 22.9 Å². The summed E-state index contributed by atoms with van der Waals surface area (Å²) in [6.45, 7) is 2.05. The van der Waals surface area contributed by atoms with E-state index in [1.54, 1.807) is 40.8 Å². The van der Waals surface area contributed by atoms with Gasteiger partial charge in [-0.3, -0.25) is 19.1 Å². The van der Waals surface area contributed by atoms with Gasteiger partial charge in [0.25, 0.3) is 5.56 Å². The molecule has 2 aromatic carbocycles. The summed E-state index contributed by atoms with van der Waals surface area (Å²) in [5.41, 5.74) is 2.83. The summed E-state index contributed by atoms with van der Waals surface area (Å²) in [5.74, 6) is 1.15. The number of hydrogen-bond donors (Lipinski definition) is 0. The third-order valence-corrected chi connectivity index (χ3v) is 6.54. The Bertz CT molecular complexity index is 1490. The fourth-order valence-electron chi connectivity index (χ4n) is 3.93. The average molecular weight is 479 g/mol. The molecule has 0 bridgehead atoms. The molecular weight excluding hydrogens is 460 g/mol. The van der Waals surface area contributed by atoms with Crippen LogP contribution in [0.25, 0.3) is 22.6 Å². The lowest BCUT2D eigenvalue weighted by atomic mass is 10.2. The van der Waals surface area contributed by atoms with Gasteiger partial charge in [0.2, 0.25) is 5.91 Å². The van der Waals surface area contributed by atoms with E-state index in [2.05, 4.69) is 4.98 Å². The summed E-state index contributed by atoms with van der Waals surface area (Å²) in [6.07, 6.45) is 2.60. The third-order valence-electron chi connectivity index (χ3n) is 5.46. The van der Waals surface area contributed by atoms with Crippen LogP contribution in [0.1, 0.15) is 24.9 Å². The van der Waals surface area contributed by atoms with Crippen molar-refractivity contribution >= 4 is 62.2 Å². The summed E-state index contributed by atoms with van der Waals surface area (Å²) in [4.78, 5) is 36.3. The molecule has 0 atom stereocenters. The summed E-state index contributed by atoms with van der Waals surface area (Å²) < 4.78 is 6.96. The number of anilines is 2. The van der Waals surface area contributed by atoms with Crippen molar-refractivity contribution in [3.63, 3.8) is 0 Å². The lowest BCUT2D eigenvalue weighted by Crippen LogP contribution is -2.22. The Morgan fingerprint density at radius 3 is 2.88 bits per heavy atom. The number of nitrogens with zero attached hydrogens (tertiary/aromatic N) is 4. The number of methoxy groups -OCH3 is 1. The Kier molecular flexibility index (Phi) is 5.47. The highest BCUT2D eigenvalue weighted by Crippen LogP contribution is 2.33. The number of aromatic nitrogens is 3. The van der Waals surface area contributed by atoms with Crippen molar-refractivity contribution in [1.82, 2.24) is 14.5 Å². The zero-order chi connectivity index (χ0) is 23.1. The Labute approximate surface area is 198 Å². The van der Waals surface area contributed by atoms with E-state index >= 15 is 0 Å². The molecule has 166 valence electrons. The molecule has 4 aromatic rings. The van der Waals surface area contributed by atoms with Crippen molar-refractivity contribution in [2.75, 3.05) is 12.0 Å². The zero-order valence-electron chi connectivity index (χ0n) is 17.9. The second-order valence-corrected chi connectivity index (χ2v) is 8.86. The van der Waals surface area contributed by atoms with Crippen molar-refractivity contribution in [3.8, 4) is 5.75 Å². The van der Waals surface area contributed by atoms with Gasteiger partial charge in [0.05, 0.1) is 29.4 Å². The molecule has 2 aromatic heterocycles. The topological polar surface area (TPSA) is 77.3 Å². The van der Waals surface area contributed by atoms with E-state index in [1.165, 1.54) is 18.3 Å². The molecule has 0 spiro atoms. The number of carbonyl (C=O) groups is 1. The monoisotopic (exact) mass is 478 g/mol. The molecule has 0 saturated carbocycles. The molecule has 1 aliphatic rings. The normalized spacial score (nSPS) is 14.0. The van der Waals surface area contributed by atoms with Crippen LogP contribution in [-0.4, -0.2) is 27.6 Å². The van der Waals surface area contributed by atoms with Crippen LogP contribution in [0.2, 0.25) is 5.02 Å². The van der Waals surface area contributed by atoms with Gasteiger partial charge in [0.1, 0.15) is 11.6 Å². The number of thiazole rings is 1. The van der Waals surface area contributed by atoms with Crippen LogP contribution in [0.3, 0.4) is 0 Å². The Balaban J connectivity index is 1.52. The molecular formula is C24H19ClN4O3S. The SMILES string of the molecule is COc1cccc(N(C(C)=O)c2nc(/C=C3\CCn4c3nc3ccc(Cl)cc3c4=O)cs2)c1. The summed E-state index contributed by atoms with van der Waals surface area (Å²) in [6, 6.07) is 12.4. The summed E-state index contributed by atoms with van der Waals surface area (Å²) in [5, 5.41) is 3.47. The molecule has 1 amide bonds. The fraction of sp³-hybridized carbons (Fsp3) is 0.167. The predicted octanol–water partition coefficient (Wildman–Crippen LogP) is 5.14. The number of fused-ring (bicyclic) bond motifs is 2. The Morgan fingerprint density at radius 1 is 1.24 bits per heavy atom. The smallest absolute Gasteiger partial charge is 0.261 e. The molecule has 0 fully saturated rings. The number of amides is 1. The van der Waals surface area contributed by atoms with Gasteiger partial charge in [-0.2, -0.15) is 0 Å². The molecule has 0 aliphatic carbocycles. The van der Waals surface area contributed by atoms with Crippen LogP contribution in [0.15, 0.2) is 52.6 Å². The molecule has 5 rings (SSSR count). The minimum Gasteiger partial charge on any atom is -0.497 e. The maximum Gasteiger partial charge on any atom is 0.261 e. The number of benzene rings is 2. The van der Waals surface area contributed by atoms with Gasteiger partial charge in [0.15, 0.2) is 5.13 Å². The average Bonchev–Trinajstić information content (AvgIpc) is 3.42. The highest BCUT2D eigenvalue weighted by molar-refractivity contribution is 7.14. The minimum atomic E-state index is -0.152. The van der Waals surface area contributed by atoms with Gasteiger partial charge < -0.3 is 4.74 Å². The van der Waals surface area contributed by atoms with Crippen molar-refractivity contribution in [1.29, 1.82) is 0 Å². The van der Waals surface area contributed by atoms with E-state index in [0.717, 1.165) is 5.57 Å². The van der Waals surface area contributed by atoms with Crippen LogP contribution in [0.4, 0.5) is 10.8 Å². The predicted molar refractivity (Wildman–Crippen MR) is 131 cm³/mol. The van der Waals surface area contributed by atoms with E-state index in [-0.39, 0.29) is 11.5 Å². The van der Waals surface area contributed by atoms with E-state index < -0.39 is 0 Å². The first kappa shape index (κ1) is 21.4. The molecule has 0 N–H and O–H groups in total. The molecule has 9 heteroatoms. The fourth-order valence-corrected chi connectivity index (χ4v) is 4.94. The Hall–Kier alpha value is -3.49. The second-order valence-electron chi connectivity index (χ2n) is 7.58. The van der Waals surface area contributed by atoms with Crippen LogP contribution in [-0.2, 0) is 11.3 Å². The zero-order valence-corrected chi connectivity index (χ0v) is 19.5. The van der Waals surface area contributed by atoms with Crippen LogP contribution in [0, 0.1) is 0 Å². The maximum absolute atomic E-state index is 12.9. The van der Waals surface area contributed by atoms with Gasteiger partial charge in [-0.25, -0.2) is 9.97 Å². The second kappa shape index (κ2) is 8.46. The standard InChI is InChI=1S/C24H19ClN4O3S/c1-14(30)29(18-4-3-5-19(12-18)32-2)24-26-17(13-33-24)10-15-8-9-28-22(15)27-21-7-6-16(25)11-20(21)23(28)31/h3-7,10-13H,8-9H2,1-2H3/b15-10+. The molecule has 0 saturated heterocycles. The maximum atomic E-state index is 12.9. The Morgan fingerprint density at radius 2 is 2.09 bits per heavy atom. The highest BCUT2D eigenvalue weighted by atomic mass is 35.5. The quantitative estimate of drug-likeness (QED) is 0.405. The number of allylic oxidation sites excluding steroid dienone is 1. The van der Waals surface area contributed by atoms with E-state index in [4.69, 9.17) is 21.3 Å².